The third kappa shape index (κ3) is 2.92. The molecule has 0 aliphatic carbocycles. The van der Waals surface area contributed by atoms with Crippen molar-refractivity contribution in [1.29, 1.82) is 0 Å². The van der Waals surface area contributed by atoms with Gasteiger partial charge in [-0.3, -0.25) is 0 Å². The Kier molecular flexibility index (Phi) is 4.41. The maximum Gasteiger partial charge on any atom is 0.245 e. The van der Waals surface area contributed by atoms with Crippen LogP contribution in [-0.2, 0) is 0 Å². The highest BCUT2D eigenvalue weighted by Crippen LogP contribution is 2.12. The van der Waals surface area contributed by atoms with Crippen molar-refractivity contribution in [3.05, 3.63) is 24.3 Å². The molecule has 1 heterocycles. The zero-order valence-electron chi connectivity index (χ0n) is 10.7. The van der Waals surface area contributed by atoms with Gasteiger partial charge in [0, 0.05) is 19.6 Å². The van der Waals surface area contributed by atoms with Gasteiger partial charge in [-0.2, -0.15) is 0 Å². The van der Waals surface area contributed by atoms with Crippen LogP contribution < -0.4 is 10.6 Å². The maximum absolute atomic E-state index is 5.63. The summed E-state index contributed by atoms with van der Waals surface area (Å²) in [5.74, 6) is 0.674. The molecule has 5 heteroatoms. The van der Waals surface area contributed by atoms with Crippen molar-refractivity contribution in [3.63, 3.8) is 0 Å². The van der Waals surface area contributed by atoms with Gasteiger partial charge < -0.3 is 10.6 Å². The van der Waals surface area contributed by atoms with E-state index in [9.17, 15) is 0 Å². The quantitative estimate of drug-likeness (QED) is 0.837. The van der Waals surface area contributed by atoms with Crippen molar-refractivity contribution in [1.82, 2.24) is 15.2 Å². The monoisotopic (exact) mass is 245 g/mol. The first kappa shape index (κ1) is 12.7. The molecule has 2 aromatic rings. The number of para-hydroxylation sites is 1. The molecule has 2 N–H and O–H groups in total. The number of aromatic nitrogens is 3. The van der Waals surface area contributed by atoms with Crippen molar-refractivity contribution >= 4 is 17.0 Å². The van der Waals surface area contributed by atoms with Gasteiger partial charge in [-0.1, -0.05) is 25.5 Å². The summed E-state index contributed by atoms with van der Waals surface area (Å²) in [6.07, 6.45) is 2.25. The molecule has 0 aliphatic heterocycles. The van der Waals surface area contributed by atoms with E-state index in [4.69, 9.17) is 5.73 Å². The van der Waals surface area contributed by atoms with Crippen molar-refractivity contribution < 1.29 is 0 Å². The highest BCUT2D eigenvalue weighted by atomic mass is 15.3. The molecule has 0 aliphatic rings. The fourth-order valence-electron chi connectivity index (χ4n) is 1.82. The van der Waals surface area contributed by atoms with Crippen molar-refractivity contribution in [2.75, 3.05) is 24.5 Å². The summed E-state index contributed by atoms with van der Waals surface area (Å²) in [4.78, 5) is 6.64. The molecule has 0 fully saturated rings. The second-order valence-corrected chi connectivity index (χ2v) is 4.23. The molecule has 0 spiro atoms. The van der Waals surface area contributed by atoms with Gasteiger partial charge in [-0.25, -0.2) is 4.98 Å². The Labute approximate surface area is 107 Å². The SMILES string of the molecule is CCCCN(CCN)c1nnc2ccccc2n1. The molecule has 96 valence electrons. The van der Waals surface area contributed by atoms with Crippen molar-refractivity contribution in [3.8, 4) is 0 Å². The van der Waals surface area contributed by atoms with Crippen molar-refractivity contribution in [2.45, 2.75) is 19.8 Å². The van der Waals surface area contributed by atoms with Gasteiger partial charge in [0.2, 0.25) is 5.95 Å². The van der Waals surface area contributed by atoms with Crippen LogP contribution in [0.3, 0.4) is 0 Å². The number of nitrogens with two attached hydrogens (primary N) is 1. The normalized spacial score (nSPS) is 10.8. The van der Waals surface area contributed by atoms with E-state index in [0.717, 1.165) is 37.0 Å². The van der Waals surface area contributed by atoms with E-state index in [1.54, 1.807) is 0 Å². The zero-order chi connectivity index (χ0) is 12.8. The molecule has 1 aromatic heterocycles. The van der Waals surface area contributed by atoms with Crippen LogP contribution in [0.25, 0.3) is 11.0 Å². The summed E-state index contributed by atoms with van der Waals surface area (Å²) >= 11 is 0. The average Bonchev–Trinajstić information content (AvgIpc) is 2.43. The van der Waals surface area contributed by atoms with Crippen LogP contribution in [0.4, 0.5) is 5.95 Å². The van der Waals surface area contributed by atoms with Gasteiger partial charge in [0.15, 0.2) is 0 Å². The van der Waals surface area contributed by atoms with E-state index in [1.807, 2.05) is 24.3 Å². The molecule has 2 rings (SSSR count). The smallest absolute Gasteiger partial charge is 0.245 e. The van der Waals surface area contributed by atoms with Gasteiger partial charge in [0.1, 0.15) is 5.52 Å². The standard InChI is InChI=1S/C13H19N5/c1-2-3-9-18(10-8-14)13-15-11-6-4-5-7-12(11)16-17-13/h4-7H,2-3,8-10,14H2,1H3. The van der Waals surface area contributed by atoms with Crippen LogP contribution >= 0.6 is 0 Å². The minimum atomic E-state index is 0.597. The average molecular weight is 245 g/mol. The summed E-state index contributed by atoms with van der Waals surface area (Å²) in [6, 6.07) is 7.76. The van der Waals surface area contributed by atoms with Gasteiger partial charge in [-0.15, -0.1) is 10.2 Å². The van der Waals surface area contributed by atoms with Crippen molar-refractivity contribution in [2.24, 2.45) is 5.73 Å². The van der Waals surface area contributed by atoms with Crippen LogP contribution in [0.2, 0.25) is 0 Å². The van der Waals surface area contributed by atoms with Gasteiger partial charge >= 0.3 is 0 Å². The molecule has 1 aromatic carbocycles. The summed E-state index contributed by atoms with van der Waals surface area (Å²) in [6.45, 7) is 4.45. The van der Waals surface area contributed by atoms with E-state index in [2.05, 4.69) is 27.0 Å². The summed E-state index contributed by atoms with van der Waals surface area (Å²) in [5, 5.41) is 8.39. The van der Waals surface area contributed by atoms with E-state index >= 15 is 0 Å². The highest BCUT2D eigenvalue weighted by molar-refractivity contribution is 5.74. The second-order valence-electron chi connectivity index (χ2n) is 4.23. The number of hydrogen-bond acceptors (Lipinski definition) is 5. The van der Waals surface area contributed by atoms with E-state index in [0.29, 0.717) is 12.5 Å². The summed E-state index contributed by atoms with van der Waals surface area (Å²) < 4.78 is 0. The van der Waals surface area contributed by atoms with Crippen LogP contribution in [-0.4, -0.2) is 34.8 Å². The molecule has 0 saturated heterocycles. The predicted molar refractivity (Wildman–Crippen MR) is 73.5 cm³/mol. The molecule has 0 amide bonds. The number of hydrogen-bond donors (Lipinski definition) is 1. The Morgan fingerprint density at radius 2 is 1.89 bits per heavy atom. The lowest BCUT2D eigenvalue weighted by molar-refractivity contribution is 0.693. The third-order valence-electron chi connectivity index (χ3n) is 2.81. The Balaban J connectivity index is 2.25. The fraction of sp³-hybridized carbons (Fsp3) is 0.462. The first-order chi connectivity index (χ1) is 8.85. The molecule has 0 radical (unpaired) electrons. The Morgan fingerprint density at radius 1 is 1.11 bits per heavy atom. The number of benzene rings is 1. The lowest BCUT2D eigenvalue weighted by Crippen LogP contribution is -2.32. The van der Waals surface area contributed by atoms with E-state index in [1.165, 1.54) is 0 Å². The molecule has 0 bridgehead atoms. The predicted octanol–water partition coefficient (Wildman–Crippen LogP) is 1.59. The molecule has 5 nitrogen and oxygen atoms in total. The molecule has 0 atom stereocenters. The van der Waals surface area contributed by atoms with Crippen LogP contribution in [0, 0.1) is 0 Å². The first-order valence-electron chi connectivity index (χ1n) is 6.39. The van der Waals surface area contributed by atoms with Gasteiger partial charge in [0.25, 0.3) is 0 Å². The van der Waals surface area contributed by atoms with Gasteiger partial charge in [-0.05, 0) is 18.6 Å². The van der Waals surface area contributed by atoms with E-state index < -0.39 is 0 Å². The fourth-order valence-corrected chi connectivity index (χ4v) is 1.82. The molecule has 18 heavy (non-hydrogen) atoms. The highest BCUT2D eigenvalue weighted by Gasteiger charge is 2.09. The molecule has 0 unspecified atom stereocenters. The second kappa shape index (κ2) is 6.26. The zero-order valence-corrected chi connectivity index (χ0v) is 10.7. The van der Waals surface area contributed by atoms with Gasteiger partial charge in [0.05, 0.1) is 5.52 Å². The lowest BCUT2D eigenvalue weighted by atomic mass is 10.3. The summed E-state index contributed by atoms with van der Waals surface area (Å²) in [5.41, 5.74) is 7.33. The van der Waals surface area contributed by atoms with Crippen LogP contribution in [0.5, 0.6) is 0 Å². The number of rotatable bonds is 6. The topological polar surface area (TPSA) is 67.9 Å². The summed E-state index contributed by atoms with van der Waals surface area (Å²) in [7, 11) is 0. The van der Waals surface area contributed by atoms with E-state index in [-0.39, 0.29) is 0 Å². The maximum atomic E-state index is 5.63. The van der Waals surface area contributed by atoms with Crippen LogP contribution in [0.1, 0.15) is 19.8 Å². The minimum Gasteiger partial charge on any atom is -0.338 e. The minimum absolute atomic E-state index is 0.597. The number of unbranched alkanes of at least 4 members (excludes halogenated alkanes) is 1. The lowest BCUT2D eigenvalue weighted by Gasteiger charge is -2.21. The molecular weight excluding hydrogens is 226 g/mol. The Morgan fingerprint density at radius 3 is 2.61 bits per heavy atom. The number of nitrogens with zero attached hydrogens (tertiary/aromatic N) is 4. The molecule has 0 saturated carbocycles. The van der Waals surface area contributed by atoms with Crippen LogP contribution in [0.15, 0.2) is 24.3 Å². The third-order valence-corrected chi connectivity index (χ3v) is 2.81. The largest absolute Gasteiger partial charge is 0.338 e. The molecular formula is C13H19N5. The number of anilines is 1. The Hall–Kier alpha value is -1.75. The first-order valence-corrected chi connectivity index (χ1v) is 6.39. The number of fused-ring (bicyclic) bond motifs is 1. The Bertz CT molecular complexity index is 499.